The minimum Gasteiger partial charge on any atom is -0.336 e. The molecule has 0 unspecified atom stereocenters. The number of hydrogen-bond donors (Lipinski definition) is 1. The summed E-state index contributed by atoms with van der Waals surface area (Å²) in [6.07, 6.45) is 2.75. The van der Waals surface area contributed by atoms with Crippen LogP contribution in [0.5, 0.6) is 0 Å². The van der Waals surface area contributed by atoms with Crippen molar-refractivity contribution in [2.24, 2.45) is 0 Å². The van der Waals surface area contributed by atoms with Gasteiger partial charge in [0.1, 0.15) is 0 Å². The molecule has 27 heavy (non-hydrogen) atoms. The molecule has 1 amide bonds. The normalized spacial score (nSPS) is 15.9. The lowest BCUT2D eigenvalue weighted by Gasteiger charge is -2.35. The molecule has 1 fully saturated rings. The summed E-state index contributed by atoms with van der Waals surface area (Å²) in [4.78, 5) is 15.5. The standard InChI is InChI=1S/C20H33N3O3S/c1-5-14-23(17-10-12-21-13-11-17)20(24)19-15-18(9-8-16(19)4)27(25,26)22(6-2)7-3/h8-9,15,17,21H,5-7,10-14H2,1-4H3. The zero-order valence-electron chi connectivity index (χ0n) is 17.0. The molecule has 0 aromatic heterocycles. The maximum absolute atomic E-state index is 13.3. The molecule has 0 bridgehead atoms. The Morgan fingerprint density at radius 1 is 1.15 bits per heavy atom. The third kappa shape index (κ3) is 4.89. The number of rotatable bonds is 8. The molecule has 1 aromatic rings. The van der Waals surface area contributed by atoms with Crippen molar-refractivity contribution in [1.82, 2.24) is 14.5 Å². The van der Waals surface area contributed by atoms with Gasteiger partial charge in [-0.05, 0) is 57.0 Å². The molecule has 1 saturated heterocycles. The first-order chi connectivity index (χ1) is 12.9. The van der Waals surface area contributed by atoms with E-state index < -0.39 is 10.0 Å². The van der Waals surface area contributed by atoms with Crippen LogP contribution in [0.2, 0.25) is 0 Å². The van der Waals surface area contributed by atoms with Gasteiger partial charge in [-0.3, -0.25) is 4.79 Å². The van der Waals surface area contributed by atoms with Gasteiger partial charge in [0.25, 0.3) is 5.91 Å². The predicted octanol–water partition coefficient (Wildman–Crippen LogP) is 2.63. The van der Waals surface area contributed by atoms with Crippen molar-refractivity contribution in [3.8, 4) is 0 Å². The summed E-state index contributed by atoms with van der Waals surface area (Å²) in [6.45, 7) is 10.9. The van der Waals surface area contributed by atoms with Crippen LogP contribution in [0, 0.1) is 6.92 Å². The van der Waals surface area contributed by atoms with Crippen LogP contribution in [0.25, 0.3) is 0 Å². The van der Waals surface area contributed by atoms with Crippen LogP contribution in [-0.2, 0) is 10.0 Å². The Bertz CT molecular complexity index is 739. The van der Waals surface area contributed by atoms with E-state index in [1.165, 1.54) is 4.31 Å². The first kappa shape index (κ1) is 21.9. The van der Waals surface area contributed by atoms with Crippen LogP contribution in [0.4, 0.5) is 0 Å². The maximum Gasteiger partial charge on any atom is 0.254 e. The summed E-state index contributed by atoms with van der Waals surface area (Å²) in [6, 6.07) is 5.13. The van der Waals surface area contributed by atoms with Crippen molar-refractivity contribution >= 4 is 15.9 Å². The molecule has 1 aliphatic heterocycles. The smallest absolute Gasteiger partial charge is 0.254 e. The van der Waals surface area contributed by atoms with Gasteiger partial charge in [0.2, 0.25) is 10.0 Å². The lowest BCUT2D eigenvalue weighted by molar-refractivity contribution is 0.0641. The average molecular weight is 396 g/mol. The Kier molecular flexibility index (Phi) is 7.82. The molecule has 1 aromatic carbocycles. The van der Waals surface area contributed by atoms with Crippen LogP contribution in [0.1, 0.15) is 56.0 Å². The van der Waals surface area contributed by atoms with Crippen molar-refractivity contribution in [2.75, 3.05) is 32.7 Å². The SMILES string of the molecule is CCCN(C(=O)c1cc(S(=O)(=O)N(CC)CC)ccc1C)C1CCNCC1. The van der Waals surface area contributed by atoms with E-state index >= 15 is 0 Å². The van der Waals surface area contributed by atoms with Crippen LogP contribution >= 0.6 is 0 Å². The molecule has 6 nitrogen and oxygen atoms in total. The monoisotopic (exact) mass is 395 g/mol. The third-order valence-electron chi connectivity index (χ3n) is 5.26. The molecule has 0 saturated carbocycles. The van der Waals surface area contributed by atoms with Crippen LogP contribution in [-0.4, -0.2) is 62.3 Å². The molecule has 0 radical (unpaired) electrons. The Hall–Kier alpha value is -1.44. The van der Waals surface area contributed by atoms with Gasteiger partial charge in [-0.15, -0.1) is 0 Å². The second-order valence-corrected chi connectivity index (χ2v) is 8.98. The Balaban J connectivity index is 2.39. The summed E-state index contributed by atoms with van der Waals surface area (Å²) >= 11 is 0. The van der Waals surface area contributed by atoms with E-state index in [-0.39, 0.29) is 16.8 Å². The quantitative estimate of drug-likeness (QED) is 0.735. The predicted molar refractivity (Wildman–Crippen MR) is 109 cm³/mol. The third-order valence-corrected chi connectivity index (χ3v) is 7.30. The zero-order valence-corrected chi connectivity index (χ0v) is 17.8. The average Bonchev–Trinajstić information content (AvgIpc) is 2.67. The summed E-state index contributed by atoms with van der Waals surface area (Å²) in [5, 5.41) is 3.33. The highest BCUT2D eigenvalue weighted by Crippen LogP contribution is 2.23. The van der Waals surface area contributed by atoms with Crippen molar-refractivity contribution in [2.45, 2.75) is 57.9 Å². The topological polar surface area (TPSA) is 69.7 Å². The Morgan fingerprint density at radius 2 is 1.78 bits per heavy atom. The summed E-state index contributed by atoms with van der Waals surface area (Å²) in [5.41, 5.74) is 1.31. The fourth-order valence-electron chi connectivity index (χ4n) is 3.67. The number of nitrogens with one attached hydrogen (secondary N) is 1. The van der Waals surface area contributed by atoms with Crippen LogP contribution in [0.3, 0.4) is 0 Å². The number of nitrogens with zero attached hydrogens (tertiary/aromatic N) is 2. The minimum absolute atomic E-state index is 0.0575. The van der Waals surface area contributed by atoms with Gasteiger partial charge in [-0.25, -0.2) is 8.42 Å². The van der Waals surface area contributed by atoms with E-state index in [1.54, 1.807) is 18.2 Å². The zero-order chi connectivity index (χ0) is 20.0. The van der Waals surface area contributed by atoms with Crippen LogP contribution < -0.4 is 5.32 Å². The Labute approximate surface area is 164 Å². The number of carbonyl (C=O) groups excluding carboxylic acids is 1. The second kappa shape index (κ2) is 9.66. The van der Waals surface area contributed by atoms with Crippen molar-refractivity contribution in [3.63, 3.8) is 0 Å². The highest BCUT2D eigenvalue weighted by molar-refractivity contribution is 7.89. The van der Waals surface area contributed by atoms with Gasteiger partial charge in [-0.1, -0.05) is 26.8 Å². The van der Waals surface area contributed by atoms with E-state index in [0.717, 1.165) is 37.9 Å². The van der Waals surface area contributed by atoms with Gasteiger partial charge in [0.05, 0.1) is 4.90 Å². The lowest BCUT2D eigenvalue weighted by atomic mass is 10.0. The first-order valence-electron chi connectivity index (χ1n) is 9.99. The minimum atomic E-state index is -3.58. The largest absolute Gasteiger partial charge is 0.336 e. The molecular formula is C20H33N3O3S. The highest BCUT2D eigenvalue weighted by Gasteiger charge is 2.28. The number of sulfonamides is 1. The van der Waals surface area contributed by atoms with Gasteiger partial charge in [-0.2, -0.15) is 4.31 Å². The van der Waals surface area contributed by atoms with E-state index in [2.05, 4.69) is 12.2 Å². The van der Waals surface area contributed by atoms with Crippen molar-refractivity contribution in [1.29, 1.82) is 0 Å². The van der Waals surface area contributed by atoms with Gasteiger partial charge in [0.15, 0.2) is 0 Å². The summed E-state index contributed by atoms with van der Waals surface area (Å²) < 4.78 is 27.2. The summed E-state index contributed by atoms with van der Waals surface area (Å²) in [7, 11) is -3.58. The number of benzene rings is 1. The van der Waals surface area contributed by atoms with Crippen molar-refractivity contribution < 1.29 is 13.2 Å². The first-order valence-corrected chi connectivity index (χ1v) is 11.4. The highest BCUT2D eigenvalue weighted by atomic mass is 32.2. The number of hydrogen-bond acceptors (Lipinski definition) is 4. The molecule has 2 rings (SSSR count). The molecule has 7 heteroatoms. The lowest BCUT2D eigenvalue weighted by Crippen LogP contribution is -2.46. The molecule has 0 atom stereocenters. The molecular weight excluding hydrogens is 362 g/mol. The van der Waals surface area contributed by atoms with Crippen LogP contribution in [0.15, 0.2) is 23.1 Å². The van der Waals surface area contributed by atoms with E-state index in [4.69, 9.17) is 0 Å². The maximum atomic E-state index is 13.3. The fourth-order valence-corrected chi connectivity index (χ4v) is 5.15. The number of aryl methyl sites for hydroxylation is 1. The number of carbonyl (C=O) groups is 1. The van der Waals surface area contributed by atoms with Gasteiger partial charge >= 0.3 is 0 Å². The number of piperidine rings is 1. The number of amides is 1. The molecule has 0 spiro atoms. The fraction of sp³-hybridized carbons (Fsp3) is 0.650. The molecule has 0 aliphatic carbocycles. The molecule has 1 aliphatic rings. The van der Waals surface area contributed by atoms with E-state index in [1.807, 2.05) is 25.7 Å². The van der Waals surface area contributed by atoms with Gasteiger partial charge < -0.3 is 10.2 Å². The van der Waals surface area contributed by atoms with Crippen molar-refractivity contribution in [3.05, 3.63) is 29.3 Å². The molecule has 1 heterocycles. The second-order valence-electron chi connectivity index (χ2n) is 7.05. The molecule has 152 valence electrons. The van der Waals surface area contributed by atoms with Gasteiger partial charge in [0, 0.05) is 31.2 Å². The Morgan fingerprint density at radius 3 is 2.33 bits per heavy atom. The molecule has 1 N–H and O–H groups in total. The summed E-state index contributed by atoms with van der Waals surface area (Å²) in [5.74, 6) is -0.0575. The van der Waals surface area contributed by atoms with E-state index in [0.29, 0.717) is 25.2 Å². The van der Waals surface area contributed by atoms with E-state index in [9.17, 15) is 13.2 Å².